The highest BCUT2D eigenvalue weighted by Crippen LogP contribution is 2.37. The molecule has 2 aromatic rings. The molecule has 0 aliphatic carbocycles. The van der Waals surface area contributed by atoms with Crippen LogP contribution in [0.3, 0.4) is 0 Å². The number of carbonyl (C=O) groups excluding carboxylic acids is 1. The Kier molecular flexibility index (Phi) is 6.42. The van der Waals surface area contributed by atoms with E-state index in [1.165, 1.54) is 21.4 Å². The Balaban J connectivity index is 2.06. The minimum atomic E-state index is -0.0187. The molecule has 0 radical (unpaired) electrons. The van der Waals surface area contributed by atoms with Crippen LogP contribution in [0.25, 0.3) is 5.57 Å². The molecule has 4 heteroatoms. The summed E-state index contributed by atoms with van der Waals surface area (Å²) in [7, 11) is 0. The van der Waals surface area contributed by atoms with Gasteiger partial charge in [0, 0.05) is 27.9 Å². The highest BCUT2D eigenvalue weighted by atomic mass is 32.1. The largest absolute Gasteiger partial charge is 0.333 e. The number of aromatic nitrogens is 1. The molecule has 0 bridgehead atoms. The van der Waals surface area contributed by atoms with Crippen LogP contribution in [0.4, 0.5) is 0 Å². The molecule has 0 spiro atoms. The predicted molar refractivity (Wildman–Crippen MR) is 118 cm³/mol. The molecule has 144 valence electrons. The topological polar surface area (TPSA) is 33.2 Å². The maximum Gasteiger partial charge on any atom is 0.246 e. The van der Waals surface area contributed by atoms with Gasteiger partial charge in [-0.05, 0) is 56.2 Å². The monoisotopic (exact) mass is 390 g/mol. The van der Waals surface area contributed by atoms with E-state index in [9.17, 15) is 4.79 Å². The van der Waals surface area contributed by atoms with Gasteiger partial charge in [-0.1, -0.05) is 43.0 Å². The molecule has 1 aliphatic heterocycles. The second-order valence-electron chi connectivity index (χ2n) is 6.94. The highest BCUT2D eigenvalue weighted by Gasteiger charge is 2.28. The van der Waals surface area contributed by atoms with E-state index >= 15 is 0 Å². The number of aryl methyl sites for hydroxylation is 2. The van der Waals surface area contributed by atoms with Crippen molar-refractivity contribution in [2.75, 3.05) is 6.54 Å². The van der Waals surface area contributed by atoms with Crippen molar-refractivity contribution in [2.45, 2.75) is 33.2 Å². The van der Waals surface area contributed by atoms with E-state index < -0.39 is 0 Å². The molecule has 0 unspecified atom stereocenters. The third kappa shape index (κ3) is 4.57. The summed E-state index contributed by atoms with van der Waals surface area (Å²) >= 11 is 1.77. The van der Waals surface area contributed by atoms with E-state index in [0.29, 0.717) is 13.1 Å². The Bertz CT molecular complexity index is 965. The zero-order chi connectivity index (χ0) is 20.1. The van der Waals surface area contributed by atoms with Crippen molar-refractivity contribution in [1.29, 1.82) is 0 Å². The number of thiophene rings is 1. The maximum atomic E-state index is 12.3. The zero-order valence-electron chi connectivity index (χ0n) is 16.7. The molecule has 0 saturated carbocycles. The van der Waals surface area contributed by atoms with Crippen LogP contribution in [0.2, 0.25) is 0 Å². The lowest BCUT2D eigenvalue weighted by Crippen LogP contribution is -2.36. The molecule has 0 N–H and O–H groups in total. The molecule has 1 amide bonds. The predicted octanol–water partition coefficient (Wildman–Crippen LogP) is 5.59. The Morgan fingerprint density at radius 2 is 2.14 bits per heavy atom. The lowest BCUT2D eigenvalue weighted by Gasteiger charge is -2.31. The van der Waals surface area contributed by atoms with Crippen LogP contribution in [0.1, 0.15) is 39.5 Å². The fourth-order valence-electron chi connectivity index (χ4n) is 3.45. The summed E-state index contributed by atoms with van der Waals surface area (Å²) in [6.45, 7) is 11.1. The number of nitrogens with zero attached hydrogens (tertiary/aromatic N) is 2. The van der Waals surface area contributed by atoms with Crippen LogP contribution in [-0.2, 0) is 11.3 Å². The van der Waals surface area contributed by atoms with Crippen molar-refractivity contribution in [1.82, 2.24) is 9.88 Å². The average molecular weight is 391 g/mol. The smallest absolute Gasteiger partial charge is 0.246 e. The first-order chi connectivity index (χ1) is 13.5. The summed E-state index contributed by atoms with van der Waals surface area (Å²) in [4.78, 5) is 21.4. The molecule has 3 heterocycles. The standard InChI is InChI=1S/C24H26N2OS/c1-5-7-8-11-19(22-12-9-10-17(3)25-22)14-20-15-26(24(27)6-2)16-23-21(20)13-18(4)28-23/h5-14,20H,2,15-16H2,1,3-4H3/b7-5-,11-8-,19-14-/t20-/m0/s1. The van der Waals surface area contributed by atoms with E-state index in [2.05, 4.69) is 31.7 Å². The van der Waals surface area contributed by atoms with Gasteiger partial charge in [0.1, 0.15) is 0 Å². The number of hydrogen-bond donors (Lipinski definition) is 0. The van der Waals surface area contributed by atoms with Gasteiger partial charge in [0.2, 0.25) is 5.91 Å². The molecule has 0 saturated heterocycles. The van der Waals surface area contributed by atoms with E-state index in [0.717, 1.165) is 17.0 Å². The van der Waals surface area contributed by atoms with Gasteiger partial charge in [0.25, 0.3) is 0 Å². The van der Waals surface area contributed by atoms with Crippen molar-refractivity contribution in [3.63, 3.8) is 0 Å². The van der Waals surface area contributed by atoms with Crippen LogP contribution in [0.15, 0.2) is 67.3 Å². The first kappa shape index (κ1) is 20.0. The molecule has 3 nitrogen and oxygen atoms in total. The van der Waals surface area contributed by atoms with Crippen molar-refractivity contribution in [2.24, 2.45) is 0 Å². The van der Waals surface area contributed by atoms with Gasteiger partial charge in [-0.25, -0.2) is 0 Å². The van der Waals surface area contributed by atoms with E-state index in [-0.39, 0.29) is 11.8 Å². The Morgan fingerprint density at radius 1 is 1.32 bits per heavy atom. The maximum absolute atomic E-state index is 12.3. The van der Waals surface area contributed by atoms with Gasteiger partial charge in [-0.2, -0.15) is 0 Å². The Morgan fingerprint density at radius 3 is 2.86 bits per heavy atom. The average Bonchev–Trinajstić information content (AvgIpc) is 3.07. The third-order valence-corrected chi connectivity index (χ3v) is 5.80. The number of carbonyl (C=O) groups is 1. The van der Waals surface area contributed by atoms with Crippen LogP contribution in [0, 0.1) is 13.8 Å². The minimum absolute atomic E-state index is 0.0187. The Labute approximate surface area is 171 Å². The summed E-state index contributed by atoms with van der Waals surface area (Å²) in [6.07, 6.45) is 11.8. The number of pyridine rings is 1. The number of rotatable bonds is 5. The fourth-order valence-corrected chi connectivity index (χ4v) is 4.57. The molecular weight excluding hydrogens is 364 g/mol. The van der Waals surface area contributed by atoms with Crippen molar-refractivity contribution in [3.05, 3.63) is 94.0 Å². The fraction of sp³-hybridized carbons (Fsp3) is 0.250. The second kappa shape index (κ2) is 8.98. The third-order valence-electron chi connectivity index (χ3n) is 4.75. The summed E-state index contributed by atoms with van der Waals surface area (Å²) in [5.41, 5.74) is 4.32. The van der Waals surface area contributed by atoms with Crippen LogP contribution in [-0.4, -0.2) is 22.3 Å². The van der Waals surface area contributed by atoms with E-state index in [1.54, 1.807) is 11.3 Å². The van der Waals surface area contributed by atoms with Crippen LogP contribution >= 0.6 is 11.3 Å². The summed E-state index contributed by atoms with van der Waals surface area (Å²) in [6, 6.07) is 8.33. The van der Waals surface area contributed by atoms with Crippen molar-refractivity contribution in [3.8, 4) is 0 Å². The Hall–Kier alpha value is -2.72. The molecule has 3 rings (SSSR count). The number of fused-ring (bicyclic) bond motifs is 1. The molecule has 28 heavy (non-hydrogen) atoms. The van der Waals surface area contributed by atoms with Crippen LogP contribution in [0.5, 0.6) is 0 Å². The van der Waals surface area contributed by atoms with Gasteiger partial charge in [0.05, 0.1) is 12.2 Å². The summed E-state index contributed by atoms with van der Waals surface area (Å²) in [5, 5.41) is 0. The van der Waals surface area contributed by atoms with Gasteiger partial charge >= 0.3 is 0 Å². The minimum Gasteiger partial charge on any atom is -0.333 e. The van der Waals surface area contributed by atoms with E-state index in [1.807, 2.05) is 55.2 Å². The first-order valence-electron chi connectivity index (χ1n) is 9.47. The molecular formula is C24H26N2OS. The normalized spacial score (nSPS) is 17.3. The van der Waals surface area contributed by atoms with Gasteiger partial charge in [0.15, 0.2) is 0 Å². The number of allylic oxidation sites excluding steroid dienone is 5. The number of amides is 1. The first-order valence-corrected chi connectivity index (χ1v) is 10.3. The van der Waals surface area contributed by atoms with Crippen molar-refractivity contribution < 1.29 is 4.79 Å². The quantitative estimate of drug-likeness (QED) is 0.493. The van der Waals surface area contributed by atoms with Crippen molar-refractivity contribution >= 4 is 22.8 Å². The zero-order valence-corrected chi connectivity index (χ0v) is 17.5. The summed E-state index contributed by atoms with van der Waals surface area (Å²) < 4.78 is 0. The molecule has 0 fully saturated rings. The number of hydrogen-bond acceptors (Lipinski definition) is 3. The van der Waals surface area contributed by atoms with Gasteiger partial charge in [-0.3, -0.25) is 9.78 Å². The lowest BCUT2D eigenvalue weighted by atomic mass is 9.91. The highest BCUT2D eigenvalue weighted by molar-refractivity contribution is 7.12. The second-order valence-corrected chi connectivity index (χ2v) is 8.28. The molecule has 0 aromatic carbocycles. The van der Waals surface area contributed by atoms with Crippen LogP contribution < -0.4 is 0 Å². The van der Waals surface area contributed by atoms with Gasteiger partial charge in [-0.15, -0.1) is 11.3 Å². The molecule has 2 aromatic heterocycles. The lowest BCUT2D eigenvalue weighted by molar-refractivity contribution is -0.127. The molecule has 1 aliphatic rings. The SMILES string of the molecule is C=CC(=O)N1Cc2sc(C)cc2[C@@H](/C=C(/C=C\C=C/C)c2cccc(C)n2)C1. The summed E-state index contributed by atoms with van der Waals surface area (Å²) in [5.74, 6) is 0.111. The van der Waals surface area contributed by atoms with E-state index in [4.69, 9.17) is 4.98 Å². The molecule has 1 atom stereocenters. The van der Waals surface area contributed by atoms with Gasteiger partial charge < -0.3 is 4.90 Å².